The van der Waals surface area contributed by atoms with Crippen LogP contribution >= 0.6 is 11.3 Å². The van der Waals surface area contributed by atoms with Crippen LogP contribution in [0.1, 0.15) is 58.4 Å². The van der Waals surface area contributed by atoms with Gasteiger partial charge in [0, 0.05) is 5.41 Å². The van der Waals surface area contributed by atoms with E-state index in [0.29, 0.717) is 0 Å². The topological polar surface area (TPSA) is 69.1 Å². The predicted octanol–water partition coefficient (Wildman–Crippen LogP) is 2.53. The fraction of sp³-hybridized carbons (Fsp3) is 0.750. The first-order valence-electron chi connectivity index (χ1n) is 6.09. The van der Waals surface area contributed by atoms with Crippen molar-refractivity contribution in [1.82, 2.24) is 19.8 Å². The van der Waals surface area contributed by atoms with Crippen LogP contribution in [-0.2, 0) is 5.41 Å². The smallest absolute Gasteiger partial charge is 0.234 e. The lowest BCUT2D eigenvalue weighted by Crippen LogP contribution is -2.26. The van der Waals surface area contributed by atoms with Crippen molar-refractivity contribution < 1.29 is 0 Å². The minimum absolute atomic E-state index is 0.00874. The van der Waals surface area contributed by atoms with E-state index in [0.717, 1.165) is 15.8 Å². The molecule has 0 aromatic carbocycles. The molecule has 2 aromatic heterocycles. The Balaban J connectivity index is 2.49. The summed E-state index contributed by atoms with van der Waals surface area (Å²) in [5.41, 5.74) is 6.16. The summed E-state index contributed by atoms with van der Waals surface area (Å²) in [5, 5.41) is 13.9. The van der Waals surface area contributed by atoms with E-state index in [9.17, 15) is 0 Å². The molecule has 6 heteroatoms. The summed E-state index contributed by atoms with van der Waals surface area (Å²) in [6, 6.07) is -0.0861. The fourth-order valence-corrected chi connectivity index (χ4v) is 2.68. The third-order valence-corrected chi connectivity index (χ3v) is 3.86. The second-order valence-corrected chi connectivity index (χ2v) is 7.74. The van der Waals surface area contributed by atoms with Gasteiger partial charge in [0.15, 0.2) is 5.82 Å². The first-order chi connectivity index (χ1) is 8.10. The summed E-state index contributed by atoms with van der Waals surface area (Å²) >= 11 is 1.52. The molecule has 100 valence electrons. The highest BCUT2D eigenvalue weighted by molar-refractivity contribution is 7.16. The Hall–Kier alpha value is -1.01. The molecule has 1 unspecified atom stereocenters. The van der Waals surface area contributed by atoms with E-state index in [-0.39, 0.29) is 16.9 Å². The van der Waals surface area contributed by atoms with Gasteiger partial charge < -0.3 is 5.73 Å². The van der Waals surface area contributed by atoms with Gasteiger partial charge in [-0.15, -0.1) is 10.2 Å². The minimum atomic E-state index is -0.0861. The highest BCUT2D eigenvalue weighted by Crippen LogP contribution is 2.33. The van der Waals surface area contributed by atoms with Crippen molar-refractivity contribution >= 4 is 16.3 Å². The summed E-state index contributed by atoms with van der Waals surface area (Å²) in [5.74, 6) is 0.876. The highest BCUT2D eigenvalue weighted by Gasteiger charge is 2.28. The lowest BCUT2D eigenvalue weighted by atomic mass is 9.88. The van der Waals surface area contributed by atoms with Gasteiger partial charge in [0.05, 0.1) is 6.04 Å². The van der Waals surface area contributed by atoms with Gasteiger partial charge in [-0.05, 0) is 5.41 Å². The summed E-state index contributed by atoms with van der Waals surface area (Å²) in [7, 11) is 0. The molecule has 0 aliphatic rings. The fourth-order valence-electron chi connectivity index (χ4n) is 1.60. The Labute approximate surface area is 111 Å². The number of nitrogens with zero attached hydrogens (tertiary/aromatic N) is 4. The number of nitrogens with two attached hydrogens (primary N) is 1. The van der Waals surface area contributed by atoms with Crippen LogP contribution in [0.15, 0.2) is 0 Å². The molecule has 2 aromatic rings. The molecule has 0 amide bonds. The Morgan fingerprint density at radius 2 is 1.72 bits per heavy atom. The quantitative estimate of drug-likeness (QED) is 0.862. The molecule has 2 heterocycles. The van der Waals surface area contributed by atoms with Crippen LogP contribution in [0.2, 0.25) is 0 Å². The molecule has 0 saturated heterocycles. The standard InChI is InChI=1S/C12H21N5S/c1-11(2,3)7(13)8-16-17-9(12(4,5)6)14-15-10(17)18-8/h7H,13H2,1-6H3. The van der Waals surface area contributed by atoms with Gasteiger partial charge in [-0.2, -0.15) is 9.61 Å². The van der Waals surface area contributed by atoms with E-state index in [2.05, 4.69) is 56.8 Å². The van der Waals surface area contributed by atoms with E-state index in [1.165, 1.54) is 11.3 Å². The van der Waals surface area contributed by atoms with Crippen molar-refractivity contribution in [3.63, 3.8) is 0 Å². The van der Waals surface area contributed by atoms with Crippen LogP contribution in [0.25, 0.3) is 4.96 Å². The molecule has 2 rings (SSSR count). The average molecular weight is 267 g/mol. The normalized spacial score (nSPS) is 15.3. The maximum Gasteiger partial charge on any atom is 0.234 e. The zero-order valence-electron chi connectivity index (χ0n) is 11.9. The molecular weight excluding hydrogens is 246 g/mol. The van der Waals surface area contributed by atoms with Crippen molar-refractivity contribution in [3.05, 3.63) is 10.8 Å². The first kappa shape index (κ1) is 13.4. The van der Waals surface area contributed by atoms with Crippen molar-refractivity contribution in [3.8, 4) is 0 Å². The maximum atomic E-state index is 6.24. The van der Waals surface area contributed by atoms with Crippen LogP contribution in [-0.4, -0.2) is 19.8 Å². The van der Waals surface area contributed by atoms with Gasteiger partial charge in [0.25, 0.3) is 0 Å². The third kappa shape index (κ3) is 2.27. The molecule has 0 aliphatic carbocycles. The molecule has 0 saturated carbocycles. The molecule has 18 heavy (non-hydrogen) atoms. The zero-order valence-corrected chi connectivity index (χ0v) is 12.7. The van der Waals surface area contributed by atoms with Crippen LogP contribution in [0.4, 0.5) is 0 Å². The van der Waals surface area contributed by atoms with E-state index in [1.54, 1.807) is 0 Å². The molecule has 0 aliphatic heterocycles. The van der Waals surface area contributed by atoms with Gasteiger partial charge >= 0.3 is 0 Å². The van der Waals surface area contributed by atoms with Gasteiger partial charge in [-0.25, -0.2) is 0 Å². The molecule has 0 radical (unpaired) electrons. The SMILES string of the molecule is CC(C)(C)c1nnc2sc(C(N)C(C)(C)C)nn12. The molecule has 5 nitrogen and oxygen atoms in total. The summed E-state index contributed by atoms with van der Waals surface area (Å²) < 4.78 is 1.82. The lowest BCUT2D eigenvalue weighted by Gasteiger charge is -2.24. The highest BCUT2D eigenvalue weighted by atomic mass is 32.1. The van der Waals surface area contributed by atoms with Crippen LogP contribution in [0, 0.1) is 5.41 Å². The molecule has 0 bridgehead atoms. The third-order valence-electron chi connectivity index (χ3n) is 2.88. The molecule has 0 spiro atoms. The molecule has 1 atom stereocenters. The van der Waals surface area contributed by atoms with Crippen molar-refractivity contribution in [2.75, 3.05) is 0 Å². The number of hydrogen-bond acceptors (Lipinski definition) is 5. The summed E-state index contributed by atoms with van der Waals surface area (Å²) in [6.45, 7) is 12.7. The monoisotopic (exact) mass is 267 g/mol. The van der Waals surface area contributed by atoms with Gasteiger partial charge in [0.1, 0.15) is 5.01 Å². The van der Waals surface area contributed by atoms with Gasteiger partial charge in [0.2, 0.25) is 4.96 Å². The second-order valence-electron chi connectivity index (χ2n) is 6.75. The number of aromatic nitrogens is 4. The van der Waals surface area contributed by atoms with E-state index < -0.39 is 0 Å². The lowest BCUT2D eigenvalue weighted by molar-refractivity contribution is 0.324. The van der Waals surface area contributed by atoms with Crippen molar-refractivity contribution in [2.24, 2.45) is 11.1 Å². The van der Waals surface area contributed by atoms with Crippen LogP contribution in [0.5, 0.6) is 0 Å². The summed E-state index contributed by atoms with van der Waals surface area (Å²) in [6.07, 6.45) is 0. The number of fused-ring (bicyclic) bond motifs is 1. The molecule has 0 fully saturated rings. The van der Waals surface area contributed by atoms with Gasteiger partial charge in [-0.3, -0.25) is 0 Å². The second kappa shape index (κ2) is 3.99. The summed E-state index contributed by atoms with van der Waals surface area (Å²) in [4.78, 5) is 0.814. The maximum absolute atomic E-state index is 6.24. The average Bonchev–Trinajstić information content (AvgIpc) is 2.70. The van der Waals surface area contributed by atoms with Crippen molar-refractivity contribution in [2.45, 2.75) is 53.0 Å². The van der Waals surface area contributed by atoms with E-state index in [4.69, 9.17) is 5.73 Å². The predicted molar refractivity (Wildman–Crippen MR) is 73.7 cm³/mol. The minimum Gasteiger partial charge on any atom is -0.321 e. The first-order valence-corrected chi connectivity index (χ1v) is 6.90. The van der Waals surface area contributed by atoms with E-state index >= 15 is 0 Å². The zero-order chi connectivity index (χ0) is 13.7. The van der Waals surface area contributed by atoms with Crippen molar-refractivity contribution in [1.29, 1.82) is 0 Å². The van der Waals surface area contributed by atoms with Crippen LogP contribution in [0.3, 0.4) is 0 Å². The molecule has 2 N–H and O–H groups in total. The number of rotatable bonds is 1. The Kier molecular flexibility index (Phi) is 2.98. The van der Waals surface area contributed by atoms with Crippen LogP contribution < -0.4 is 5.73 Å². The largest absolute Gasteiger partial charge is 0.321 e. The Morgan fingerprint density at radius 1 is 1.11 bits per heavy atom. The Bertz CT molecular complexity index is 555. The molecular formula is C12H21N5S. The van der Waals surface area contributed by atoms with Gasteiger partial charge in [-0.1, -0.05) is 52.9 Å². The Morgan fingerprint density at radius 3 is 2.22 bits per heavy atom. The van der Waals surface area contributed by atoms with E-state index in [1.807, 2.05) is 4.52 Å². The number of hydrogen-bond donors (Lipinski definition) is 1.